The van der Waals surface area contributed by atoms with E-state index in [1.807, 2.05) is 0 Å². The van der Waals surface area contributed by atoms with Gasteiger partial charge in [0.1, 0.15) is 6.04 Å². The predicted molar refractivity (Wildman–Crippen MR) is 127 cm³/mol. The molecule has 0 spiro atoms. The molecule has 1 unspecified atom stereocenters. The number of nitrogens with zero attached hydrogens (tertiary/aromatic N) is 4. The standard InChI is InChI=1S/C21H21ClN4O6S2/c1-32-12-11-24-17-9-6-15(26(28)29)13-19(17)33-21(24)23-20(27)18-3-2-10-25(18)34(30,31)16-7-4-14(22)5-8-16/h4-9,13,18H,2-3,10-12H2,1H3. The SMILES string of the molecule is COCCn1c(=NC(=O)C2CCCN2S(=O)(=O)c2ccc(Cl)cc2)sc2cc([N+](=O)[O-])ccc21. The highest BCUT2D eigenvalue weighted by Crippen LogP contribution is 2.28. The minimum atomic E-state index is -3.91. The topological polar surface area (TPSA) is 124 Å². The molecule has 1 atom stereocenters. The Kier molecular flexibility index (Phi) is 7.14. The fourth-order valence-electron chi connectivity index (χ4n) is 3.84. The number of halogens is 1. The van der Waals surface area contributed by atoms with Gasteiger partial charge in [0.05, 0.1) is 26.6 Å². The molecule has 1 aliphatic rings. The van der Waals surface area contributed by atoms with Gasteiger partial charge in [-0.2, -0.15) is 9.30 Å². The Labute approximate surface area is 204 Å². The maximum atomic E-state index is 13.2. The van der Waals surface area contributed by atoms with E-state index in [1.165, 1.54) is 40.7 Å². The van der Waals surface area contributed by atoms with E-state index in [-0.39, 0.29) is 17.1 Å². The van der Waals surface area contributed by atoms with Gasteiger partial charge >= 0.3 is 0 Å². The normalized spacial score (nSPS) is 17.5. The molecule has 3 aromatic rings. The lowest BCUT2D eigenvalue weighted by molar-refractivity contribution is -0.384. The molecule has 2 aromatic carbocycles. The minimum absolute atomic E-state index is 0.0564. The van der Waals surface area contributed by atoms with Gasteiger partial charge < -0.3 is 9.30 Å². The number of aromatic nitrogens is 1. The van der Waals surface area contributed by atoms with Crippen LogP contribution in [-0.2, 0) is 26.1 Å². The van der Waals surface area contributed by atoms with Gasteiger partial charge in [-0.1, -0.05) is 22.9 Å². The summed E-state index contributed by atoms with van der Waals surface area (Å²) in [4.78, 5) is 28.5. The molecule has 2 heterocycles. The molecule has 10 nitrogen and oxygen atoms in total. The average molecular weight is 525 g/mol. The summed E-state index contributed by atoms with van der Waals surface area (Å²) >= 11 is 7.01. The van der Waals surface area contributed by atoms with Crippen LogP contribution in [0.1, 0.15) is 12.8 Å². The number of methoxy groups -OCH3 is 1. The second kappa shape index (κ2) is 9.92. The molecule has 4 rings (SSSR count). The number of benzene rings is 2. The highest BCUT2D eigenvalue weighted by molar-refractivity contribution is 7.89. The predicted octanol–water partition coefficient (Wildman–Crippen LogP) is 3.19. The molecular weight excluding hydrogens is 504 g/mol. The van der Waals surface area contributed by atoms with Gasteiger partial charge in [0.2, 0.25) is 10.0 Å². The summed E-state index contributed by atoms with van der Waals surface area (Å²) in [5.41, 5.74) is 0.609. The van der Waals surface area contributed by atoms with Crippen LogP contribution in [0.3, 0.4) is 0 Å². The van der Waals surface area contributed by atoms with Crippen molar-refractivity contribution >= 4 is 54.8 Å². The van der Waals surface area contributed by atoms with Gasteiger partial charge in [0, 0.05) is 37.4 Å². The van der Waals surface area contributed by atoms with Crippen molar-refractivity contribution in [2.24, 2.45) is 4.99 Å². The first-order valence-electron chi connectivity index (χ1n) is 10.3. The number of hydrogen-bond donors (Lipinski definition) is 0. The quantitative estimate of drug-likeness (QED) is 0.345. The number of nitro benzene ring substituents is 1. The number of hydrogen-bond acceptors (Lipinski definition) is 7. The van der Waals surface area contributed by atoms with Crippen molar-refractivity contribution in [3.05, 3.63) is 62.4 Å². The molecule has 0 saturated carbocycles. The summed E-state index contributed by atoms with van der Waals surface area (Å²) in [5.74, 6) is -0.581. The number of nitro groups is 1. The van der Waals surface area contributed by atoms with Crippen LogP contribution in [0.2, 0.25) is 5.02 Å². The maximum Gasteiger partial charge on any atom is 0.270 e. The van der Waals surface area contributed by atoms with E-state index in [2.05, 4.69) is 4.99 Å². The average Bonchev–Trinajstić information content (AvgIpc) is 3.43. The van der Waals surface area contributed by atoms with E-state index in [4.69, 9.17) is 16.3 Å². The van der Waals surface area contributed by atoms with Crippen LogP contribution < -0.4 is 4.80 Å². The van der Waals surface area contributed by atoms with Gasteiger partial charge in [-0.15, -0.1) is 0 Å². The largest absolute Gasteiger partial charge is 0.383 e. The van der Waals surface area contributed by atoms with Crippen molar-refractivity contribution < 1.29 is 22.9 Å². The number of thiazole rings is 1. The first kappa shape index (κ1) is 24.5. The third kappa shape index (κ3) is 4.77. The summed E-state index contributed by atoms with van der Waals surface area (Å²) in [7, 11) is -2.37. The molecule has 34 heavy (non-hydrogen) atoms. The molecule has 0 aliphatic carbocycles. The number of sulfonamides is 1. The van der Waals surface area contributed by atoms with Crippen molar-refractivity contribution in [1.82, 2.24) is 8.87 Å². The Balaban J connectivity index is 1.72. The zero-order valence-corrected chi connectivity index (χ0v) is 20.5. The number of non-ortho nitro benzene ring substituents is 1. The Morgan fingerprint density at radius 2 is 2.03 bits per heavy atom. The van der Waals surface area contributed by atoms with Crippen molar-refractivity contribution in [2.45, 2.75) is 30.3 Å². The first-order chi connectivity index (χ1) is 16.2. The van der Waals surface area contributed by atoms with Gasteiger partial charge in [-0.3, -0.25) is 14.9 Å². The summed E-state index contributed by atoms with van der Waals surface area (Å²) < 4.78 is 35.0. The van der Waals surface area contributed by atoms with Crippen LogP contribution in [0, 0.1) is 10.1 Å². The Bertz CT molecular complexity index is 1420. The zero-order chi connectivity index (χ0) is 24.5. The summed E-state index contributed by atoms with van der Waals surface area (Å²) in [6.07, 6.45) is 0.880. The second-order valence-electron chi connectivity index (χ2n) is 7.62. The molecule has 1 amide bonds. The van der Waals surface area contributed by atoms with E-state index in [0.717, 1.165) is 11.3 Å². The number of rotatable bonds is 7. The molecule has 1 aliphatic heterocycles. The van der Waals surface area contributed by atoms with Crippen LogP contribution in [0.5, 0.6) is 0 Å². The van der Waals surface area contributed by atoms with Crippen LogP contribution in [0.25, 0.3) is 10.2 Å². The van der Waals surface area contributed by atoms with E-state index in [1.54, 1.807) is 17.7 Å². The monoisotopic (exact) mass is 524 g/mol. The van der Waals surface area contributed by atoms with E-state index < -0.39 is 26.9 Å². The third-order valence-electron chi connectivity index (χ3n) is 5.51. The molecule has 13 heteroatoms. The number of ether oxygens (including phenoxy) is 1. The first-order valence-corrected chi connectivity index (χ1v) is 13.0. The molecule has 1 saturated heterocycles. The van der Waals surface area contributed by atoms with Crippen molar-refractivity contribution in [3.8, 4) is 0 Å². The lowest BCUT2D eigenvalue weighted by Gasteiger charge is -2.21. The third-order valence-corrected chi connectivity index (χ3v) is 8.73. The molecule has 0 N–H and O–H groups in total. The Morgan fingerprint density at radius 3 is 2.71 bits per heavy atom. The highest BCUT2D eigenvalue weighted by Gasteiger charge is 2.39. The molecule has 180 valence electrons. The van der Waals surface area contributed by atoms with E-state index in [0.29, 0.717) is 46.0 Å². The maximum absolute atomic E-state index is 13.2. The molecule has 0 bridgehead atoms. The Morgan fingerprint density at radius 1 is 1.29 bits per heavy atom. The van der Waals surface area contributed by atoms with Crippen LogP contribution in [0.15, 0.2) is 52.4 Å². The molecule has 1 fully saturated rings. The number of carbonyl (C=O) groups is 1. The highest BCUT2D eigenvalue weighted by atomic mass is 35.5. The van der Waals surface area contributed by atoms with Gasteiger partial charge in [-0.25, -0.2) is 8.42 Å². The van der Waals surface area contributed by atoms with Crippen molar-refractivity contribution in [3.63, 3.8) is 0 Å². The molecule has 1 aromatic heterocycles. The fourth-order valence-corrected chi connectivity index (χ4v) is 6.72. The molecular formula is C21H21ClN4O6S2. The minimum Gasteiger partial charge on any atom is -0.383 e. The van der Waals surface area contributed by atoms with Gasteiger partial charge in [0.15, 0.2) is 4.80 Å². The summed E-state index contributed by atoms with van der Waals surface area (Å²) in [6.45, 7) is 0.918. The second-order valence-corrected chi connectivity index (χ2v) is 11.0. The van der Waals surface area contributed by atoms with E-state index >= 15 is 0 Å². The summed E-state index contributed by atoms with van der Waals surface area (Å²) in [5, 5.41) is 11.6. The fraction of sp³-hybridized carbons (Fsp3) is 0.333. The Hall–Kier alpha value is -2.64. The van der Waals surface area contributed by atoms with Crippen LogP contribution >= 0.6 is 22.9 Å². The van der Waals surface area contributed by atoms with Gasteiger partial charge in [0.25, 0.3) is 11.6 Å². The lowest BCUT2D eigenvalue weighted by atomic mass is 10.2. The van der Waals surface area contributed by atoms with Crippen LogP contribution in [-0.4, -0.2) is 54.4 Å². The summed E-state index contributed by atoms with van der Waals surface area (Å²) in [6, 6.07) is 9.29. The van der Waals surface area contributed by atoms with Crippen molar-refractivity contribution in [1.29, 1.82) is 0 Å². The lowest BCUT2D eigenvalue weighted by Crippen LogP contribution is -2.40. The number of amides is 1. The van der Waals surface area contributed by atoms with Crippen LogP contribution in [0.4, 0.5) is 5.69 Å². The number of carbonyl (C=O) groups excluding carboxylic acids is 1. The molecule has 0 radical (unpaired) electrons. The zero-order valence-electron chi connectivity index (χ0n) is 18.1. The van der Waals surface area contributed by atoms with E-state index in [9.17, 15) is 23.3 Å². The van der Waals surface area contributed by atoms with Gasteiger partial charge in [-0.05, 0) is 43.2 Å². The number of fused-ring (bicyclic) bond motifs is 1. The van der Waals surface area contributed by atoms with Crippen molar-refractivity contribution in [2.75, 3.05) is 20.3 Å². The smallest absolute Gasteiger partial charge is 0.270 e.